The molecule has 1 aromatic rings. The highest BCUT2D eigenvalue weighted by Crippen LogP contribution is 2.28. The first kappa shape index (κ1) is 27.4. The molecule has 2 rings (SSSR count). The van der Waals surface area contributed by atoms with Gasteiger partial charge in [0.25, 0.3) is 0 Å². The van der Waals surface area contributed by atoms with Crippen molar-refractivity contribution in [3.63, 3.8) is 0 Å². The Morgan fingerprint density at radius 2 is 1.74 bits per heavy atom. The van der Waals surface area contributed by atoms with Crippen molar-refractivity contribution in [1.29, 1.82) is 0 Å². The molecule has 0 unspecified atom stereocenters. The van der Waals surface area contributed by atoms with E-state index in [4.69, 9.17) is 4.98 Å². The number of imidazole rings is 1. The third kappa shape index (κ3) is 10.2. The molecule has 154 valence electrons. The first-order chi connectivity index (χ1) is 13.3. The van der Waals surface area contributed by atoms with Gasteiger partial charge < -0.3 is 4.98 Å². The van der Waals surface area contributed by atoms with Crippen LogP contribution in [-0.2, 0) is 0 Å². The summed E-state index contributed by atoms with van der Waals surface area (Å²) in [5.74, 6) is 0.978. The lowest BCUT2D eigenvalue weighted by Crippen LogP contribution is -1.92. The highest BCUT2D eigenvalue weighted by molar-refractivity contribution is 5.84. The Morgan fingerprint density at radius 3 is 2.26 bits per heavy atom. The molecule has 1 aliphatic rings. The fourth-order valence-corrected chi connectivity index (χ4v) is 2.55. The van der Waals surface area contributed by atoms with E-state index >= 15 is 0 Å². The third-order valence-electron chi connectivity index (χ3n) is 3.56. The quantitative estimate of drug-likeness (QED) is 0.497. The van der Waals surface area contributed by atoms with E-state index in [9.17, 15) is 0 Å². The van der Waals surface area contributed by atoms with Gasteiger partial charge >= 0.3 is 0 Å². The van der Waals surface area contributed by atoms with E-state index in [0.717, 1.165) is 42.9 Å². The van der Waals surface area contributed by atoms with Crippen molar-refractivity contribution in [1.82, 2.24) is 9.97 Å². The second kappa shape index (κ2) is 18.9. The summed E-state index contributed by atoms with van der Waals surface area (Å²) >= 11 is 0. The standard InChI is InChI=1S/C19H26N2.3C2H6/c1-4-6-8-12-16(11-5-2)18-19(21-15(3)20-18)17-13-9-7-10-14-17;3*1-2/h8-9,11-14H,4-7,10H2,1-3H3,(H,20,21);3*1-2H3/b12-8-,16-11+;;;. The predicted octanol–water partition coefficient (Wildman–Crippen LogP) is 8.68. The summed E-state index contributed by atoms with van der Waals surface area (Å²) < 4.78 is 0. The van der Waals surface area contributed by atoms with Gasteiger partial charge in [-0.3, -0.25) is 0 Å². The predicted molar refractivity (Wildman–Crippen MR) is 126 cm³/mol. The molecular formula is C25H44N2. The number of nitrogens with one attached hydrogen (secondary N) is 1. The molecule has 0 radical (unpaired) electrons. The number of allylic oxidation sites excluding steroid dienone is 8. The molecule has 27 heavy (non-hydrogen) atoms. The molecule has 0 aliphatic heterocycles. The van der Waals surface area contributed by atoms with Crippen molar-refractivity contribution in [2.24, 2.45) is 0 Å². The summed E-state index contributed by atoms with van der Waals surface area (Å²) in [6.45, 7) is 18.4. The van der Waals surface area contributed by atoms with Crippen LogP contribution in [0.15, 0.2) is 36.5 Å². The van der Waals surface area contributed by atoms with Crippen LogP contribution in [0.1, 0.15) is 105 Å². The van der Waals surface area contributed by atoms with E-state index in [1.54, 1.807) is 0 Å². The Morgan fingerprint density at radius 1 is 1.07 bits per heavy atom. The second-order valence-corrected chi connectivity index (χ2v) is 5.44. The lowest BCUT2D eigenvalue weighted by atomic mass is 9.99. The number of unbranched alkanes of at least 4 members (excludes halogenated alkanes) is 1. The van der Waals surface area contributed by atoms with Crippen LogP contribution in [0, 0.1) is 6.92 Å². The minimum Gasteiger partial charge on any atom is -0.342 e. The zero-order valence-corrected chi connectivity index (χ0v) is 19.4. The largest absolute Gasteiger partial charge is 0.342 e. The van der Waals surface area contributed by atoms with Gasteiger partial charge in [-0.2, -0.15) is 0 Å². The summed E-state index contributed by atoms with van der Waals surface area (Å²) in [6, 6.07) is 0. The van der Waals surface area contributed by atoms with E-state index in [2.05, 4.69) is 55.3 Å². The number of hydrogen-bond acceptors (Lipinski definition) is 1. The fraction of sp³-hybridized carbons (Fsp3) is 0.560. The molecule has 2 heteroatoms. The van der Waals surface area contributed by atoms with Crippen LogP contribution >= 0.6 is 0 Å². The molecule has 2 nitrogen and oxygen atoms in total. The van der Waals surface area contributed by atoms with Crippen LogP contribution in [0.3, 0.4) is 0 Å². The Kier molecular flexibility index (Phi) is 19.2. The Hall–Kier alpha value is -1.83. The van der Waals surface area contributed by atoms with Crippen LogP contribution in [-0.4, -0.2) is 9.97 Å². The molecule has 0 atom stereocenters. The summed E-state index contributed by atoms with van der Waals surface area (Å²) in [5, 5.41) is 0. The van der Waals surface area contributed by atoms with Crippen LogP contribution in [0.25, 0.3) is 11.1 Å². The fourth-order valence-electron chi connectivity index (χ4n) is 2.55. The summed E-state index contributed by atoms with van der Waals surface area (Å²) in [4.78, 5) is 8.17. The van der Waals surface area contributed by atoms with Gasteiger partial charge in [0.05, 0.1) is 11.4 Å². The number of aromatic nitrogens is 2. The van der Waals surface area contributed by atoms with Gasteiger partial charge in [0.15, 0.2) is 0 Å². The zero-order valence-electron chi connectivity index (χ0n) is 19.4. The molecule has 0 saturated carbocycles. The van der Waals surface area contributed by atoms with Gasteiger partial charge in [0.1, 0.15) is 5.82 Å². The van der Waals surface area contributed by atoms with E-state index < -0.39 is 0 Å². The average Bonchev–Trinajstić information content (AvgIpc) is 3.14. The Balaban J connectivity index is 0. The van der Waals surface area contributed by atoms with Crippen molar-refractivity contribution >= 4 is 11.1 Å². The molecule has 0 amide bonds. The second-order valence-electron chi connectivity index (χ2n) is 5.44. The minimum atomic E-state index is 0.978. The Labute approximate surface area is 169 Å². The molecule has 1 aliphatic carbocycles. The molecule has 1 N–H and O–H groups in total. The molecule has 1 heterocycles. The van der Waals surface area contributed by atoms with Crippen molar-refractivity contribution in [2.75, 3.05) is 0 Å². The first-order valence-electron chi connectivity index (χ1n) is 11.1. The zero-order chi connectivity index (χ0) is 21.1. The normalized spacial score (nSPS) is 12.9. The maximum atomic E-state index is 4.73. The minimum absolute atomic E-state index is 0.978. The first-order valence-corrected chi connectivity index (χ1v) is 11.1. The number of hydrogen-bond donors (Lipinski definition) is 1. The van der Waals surface area contributed by atoms with Crippen LogP contribution in [0.2, 0.25) is 0 Å². The summed E-state index contributed by atoms with van der Waals surface area (Å²) in [5.41, 5.74) is 4.73. The molecule has 0 saturated heterocycles. The van der Waals surface area contributed by atoms with Crippen molar-refractivity contribution in [3.05, 3.63) is 53.7 Å². The van der Waals surface area contributed by atoms with Crippen LogP contribution in [0.4, 0.5) is 0 Å². The number of H-pyrrole nitrogens is 1. The van der Waals surface area contributed by atoms with Gasteiger partial charge in [-0.25, -0.2) is 4.98 Å². The molecule has 0 aromatic carbocycles. The van der Waals surface area contributed by atoms with Crippen LogP contribution < -0.4 is 0 Å². The topological polar surface area (TPSA) is 28.7 Å². The lowest BCUT2D eigenvalue weighted by molar-refractivity contribution is 0.959. The van der Waals surface area contributed by atoms with Crippen molar-refractivity contribution in [3.8, 4) is 0 Å². The van der Waals surface area contributed by atoms with Gasteiger partial charge in [0.2, 0.25) is 0 Å². The summed E-state index contributed by atoms with van der Waals surface area (Å²) in [6.07, 6.45) is 19.0. The maximum absolute atomic E-state index is 4.73. The smallest absolute Gasteiger partial charge is 0.104 e. The average molecular weight is 373 g/mol. The maximum Gasteiger partial charge on any atom is 0.104 e. The van der Waals surface area contributed by atoms with Gasteiger partial charge in [-0.05, 0) is 43.8 Å². The lowest BCUT2D eigenvalue weighted by Gasteiger charge is -2.08. The van der Waals surface area contributed by atoms with E-state index in [1.165, 1.54) is 17.6 Å². The highest BCUT2D eigenvalue weighted by Gasteiger charge is 2.14. The summed E-state index contributed by atoms with van der Waals surface area (Å²) in [7, 11) is 0. The van der Waals surface area contributed by atoms with Crippen molar-refractivity contribution in [2.45, 2.75) is 94.4 Å². The van der Waals surface area contributed by atoms with E-state index in [0.29, 0.717) is 0 Å². The number of aromatic amines is 1. The molecule has 0 bridgehead atoms. The number of aryl methyl sites for hydroxylation is 1. The molecular weight excluding hydrogens is 328 g/mol. The molecule has 1 aromatic heterocycles. The van der Waals surface area contributed by atoms with Crippen LogP contribution in [0.5, 0.6) is 0 Å². The van der Waals surface area contributed by atoms with Gasteiger partial charge in [0, 0.05) is 0 Å². The monoisotopic (exact) mass is 372 g/mol. The van der Waals surface area contributed by atoms with E-state index in [-0.39, 0.29) is 0 Å². The SMILES string of the molecule is CC.CC.CC.CC/C=C(\C=C/CCC)c1nc(C)[nH]c1C1=CCCC=C1. The molecule has 0 fully saturated rings. The van der Waals surface area contributed by atoms with Gasteiger partial charge in [-0.15, -0.1) is 0 Å². The Bertz CT molecular complexity index is 583. The van der Waals surface area contributed by atoms with E-state index in [1.807, 2.05) is 48.5 Å². The highest BCUT2D eigenvalue weighted by atomic mass is 14.9. The molecule has 0 spiro atoms. The number of rotatable bonds is 6. The van der Waals surface area contributed by atoms with Gasteiger partial charge in [-0.1, -0.05) is 98.3 Å². The number of nitrogens with zero attached hydrogens (tertiary/aromatic N) is 1. The van der Waals surface area contributed by atoms with Crippen molar-refractivity contribution < 1.29 is 0 Å². The third-order valence-corrected chi connectivity index (χ3v) is 3.56.